The third-order valence-corrected chi connectivity index (χ3v) is 4.78. The van der Waals surface area contributed by atoms with Gasteiger partial charge in [0, 0.05) is 12.6 Å². The van der Waals surface area contributed by atoms with Crippen LogP contribution in [0.4, 0.5) is 0 Å². The van der Waals surface area contributed by atoms with Crippen molar-refractivity contribution >= 4 is 0 Å². The lowest BCUT2D eigenvalue weighted by Crippen LogP contribution is -2.43. The molecule has 0 aromatic rings. The standard InChI is InChI=1S/C16H31NO/c1-13(2)14-11-15(12-14)17-9-6-10-18-16-7-4-3-5-8-16/h13-17H,3-12H2,1-2H3. The van der Waals surface area contributed by atoms with Crippen molar-refractivity contribution in [3.05, 3.63) is 0 Å². The highest BCUT2D eigenvalue weighted by molar-refractivity contribution is 4.86. The number of hydrogen-bond donors (Lipinski definition) is 1. The largest absolute Gasteiger partial charge is 0.378 e. The topological polar surface area (TPSA) is 21.3 Å². The molecule has 0 heterocycles. The van der Waals surface area contributed by atoms with Crippen LogP contribution < -0.4 is 5.32 Å². The molecule has 0 saturated heterocycles. The van der Waals surface area contributed by atoms with E-state index < -0.39 is 0 Å². The third kappa shape index (κ3) is 4.55. The molecule has 0 aromatic heterocycles. The van der Waals surface area contributed by atoms with Gasteiger partial charge in [-0.1, -0.05) is 33.1 Å². The van der Waals surface area contributed by atoms with E-state index in [4.69, 9.17) is 4.74 Å². The molecule has 106 valence electrons. The molecule has 18 heavy (non-hydrogen) atoms. The first-order valence-corrected chi connectivity index (χ1v) is 8.10. The molecular weight excluding hydrogens is 222 g/mol. The summed E-state index contributed by atoms with van der Waals surface area (Å²) in [5, 5.41) is 3.66. The van der Waals surface area contributed by atoms with Crippen molar-refractivity contribution in [2.75, 3.05) is 13.2 Å². The van der Waals surface area contributed by atoms with Crippen LogP contribution >= 0.6 is 0 Å². The zero-order chi connectivity index (χ0) is 12.8. The fraction of sp³-hybridized carbons (Fsp3) is 1.00. The van der Waals surface area contributed by atoms with E-state index in [-0.39, 0.29) is 0 Å². The second kappa shape index (κ2) is 7.49. The van der Waals surface area contributed by atoms with Gasteiger partial charge in [0.15, 0.2) is 0 Å². The van der Waals surface area contributed by atoms with E-state index >= 15 is 0 Å². The van der Waals surface area contributed by atoms with Crippen LogP contribution in [0.2, 0.25) is 0 Å². The molecule has 2 heteroatoms. The second-order valence-corrected chi connectivity index (χ2v) is 6.61. The van der Waals surface area contributed by atoms with E-state index in [1.807, 2.05) is 0 Å². The molecule has 2 nitrogen and oxygen atoms in total. The lowest BCUT2D eigenvalue weighted by atomic mass is 9.74. The van der Waals surface area contributed by atoms with Crippen molar-refractivity contribution in [2.45, 2.75) is 77.4 Å². The Bertz CT molecular complexity index is 217. The average Bonchev–Trinajstić information content (AvgIpc) is 2.32. The number of nitrogens with one attached hydrogen (secondary N) is 1. The maximum atomic E-state index is 5.94. The normalized spacial score (nSPS) is 29.5. The highest BCUT2D eigenvalue weighted by Gasteiger charge is 2.30. The number of ether oxygens (including phenoxy) is 1. The van der Waals surface area contributed by atoms with Crippen LogP contribution in [0.5, 0.6) is 0 Å². The van der Waals surface area contributed by atoms with Crippen molar-refractivity contribution < 1.29 is 4.74 Å². The Morgan fingerprint density at radius 3 is 2.50 bits per heavy atom. The summed E-state index contributed by atoms with van der Waals surface area (Å²) in [6, 6.07) is 0.798. The second-order valence-electron chi connectivity index (χ2n) is 6.61. The van der Waals surface area contributed by atoms with E-state index in [0.717, 1.165) is 31.0 Å². The van der Waals surface area contributed by atoms with Gasteiger partial charge in [-0.2, -0.15) is 0 Å². The maximum Gasteiger partial charge on any atom is 0.0575 e. The Morgan fingerprint density at radius 2 is 1.83 bits per heavy atom. The van der Waals surface area contributed by atoms with E-state index in [2.05, 4.69) is 19.2 Å². The summed E-state index contributed by atoms with van der Waals surface area (Å²) in [7, 11) is 0. The van der Waals surface area contributed by atoms with Crippen molar-refractivity contribution in [1.82, 2.24) is 5.32 Å². The van der Waals surface area contributed by atoms with Gasteiger partial charge in [0.2, 0.25) is 0 Å². The van der Waals surface area contributed by atoms with E-state index in [1.165, 1.54) is 51.4 Å². The zero-order valence-corrected chi connectivity index (χ0v) is 12.3. The lowest BCUT2D eigenvalue weighted by Gasteiger charge is -2.38. The van der Waals surface area contributed by atoms with Gasteiger partial charge < -0.3 is 10.1 Å². The van der Waals surface area contributed by atoms with Crippen molar-refractivity contribution in [2.24, 2.45) is 11.8 Å². The van der Waals surface area contributed by atoms with Gasteiger partial charge in [0.25, 0.3) is 0 Å². The first-order valence-electron chi connectivity index (χ1n) is 8.10. The van der Waals surface area contributed by atoms with Crippen LogP contribution in [0.25, 0.3) is 0 Å². The molecule has 2 aliphatic rings. The minimum absolute atomic E-state index is 0.577. The Hall–Kier alpha value is -0.0800. The van der Waals surface area contributed by atoms with Gasteiger partial charge in [-0.25, -0.2) is 0 Å². The first-order chi connectivity index (χ1) is 8.75. The van der Waals surface area contributed by atoms with Crippen LogP contribution in [0, 0.1) is 11.8 Å². The van der Waals surface area contributed by atoms with Crippen LogP contribution in [0.15, 0.2) is 0 Å². The van der Waals surface area contributed by atoms with Crippen LogP contribution in [0.3, 0.4) is 0 Å². The number of hydrogen-bond acceptors (Lipinski definition) is 2. The van der Waals surface area contributed by atoms with E-state index in [0.29, 0.717) is 6.10 Å². The third-order valence-electron chi connectivity index (χ3n) is 4.78. The molecule has 1 N–H and O–H groups in total. The SMILES string of the molecule is CC(C)C1CC(NCCCOC2CCCCC2)C1. The smallest absolute Gasteiger partial charge is 0.0575 e. The summed E-state index contributed by atoms with van der Waals surface area (Å²) in [5.74, 6) is 1.85. The summed E-state index contributed by atoms with van der Waals surface area (Å²) in [6.45, 7) is 6.79. The summed E-state index contributed by atoms with van der Waals surface area (Å²) >= 11 is 0. The molecule has 2 rings (SSSR count). The Labute approximate surface area is 113 Å². The molecule has 0 bridgehead atoms. The predicted octanol–water partition coefficient (Wildman–Crippen LogP) is 3.75. The van der Waals surface area contributed by atoms with Crippen molar-refractivity contribution in [3.63, 3.8) is 0 Å². The first kappa shape index (κ1) is 14.3. The van der Waals surface area contributed by atoms with Crippen LogP contribution in [-0.2, 0) is 4.74 Å². The van der Waals surface area contributed by atoms with Crippen LogP contribution in [0.1, 0.15) is 65.2 Å². The zero-order valence-electron chi connectivity index (χ0n) is 12.3. The van der Waals surface area contributed by atoms with Gasteiger partial charge in [0.05, 0.1) is 6.10 Å². The van der Waals surface area contributed by atoms with Crippen molar-refractivity contribution in [1.29, 1.82) is 0 Å². The maximum absolute atomic E-state index is 5.94. The van der Waals surface area contributed by atoms with Gasteiger partial charge in [-0.15, -0.1) is 0 Å². The molecular formula is C16H31NO. The summed E-state index contributed by atoms with van der Waals surface area (Å²) in [5.41, 5.74) is 0. The molecule has 0 atom stereocenters. The van der Waals surface area contributed by atoms with Gasteiger partial charge >= 0.3 is 0 Å². The molecule has 0 unspecified atom stereocenters. The van der Waals surface area contributed by atoms with Gasteiger partial charge in [-0.05, 0) is 50.5 Å². The number of rotatable bonds is 7. The summed E-state index contributed by atoms with van der Waals surface area (Å²) in [4.78, 5) is 0. The molecule has 2 fully saturated rings. The summed E-state index contributed by atoms with van der Waals surface area (Å²) < 4.78 is 5.94. The minimum Gasteiger partial charge on any atom is -0.378 e. The molecule has 0 spiro atoms. The quantitative estimate of drug-likeness (QED) is 0.698. The highest BCUT2D eigenvalue weighted by Crippen LogP contribution is 2.33. The van der Waals surface area contributed by atoms with E-state index in [1.54, 1.807) is 0 Å². The molecule has 2 aliphatic carbocycles. The Kier molecular flexibility index (Phi) is 5.97. The Balaban J connectivity index is 1.40. The molecule has 2 saturated carbocycles. The predicted molar refractivity (Wildman–Crippen MR) is 76.8 cm³/mol. The molecule has 0 aromatic carbocycles. The minimum atomic E-state index is 0.577. The fourth-order valence-electron chi connectivity index (χ4n) is 3.23. The monoisotopic (exact) mass is 253 g/mol. The van der Waals surface area contributed by atoms with Crippen molar-refractivity contribution in [3.8, 4) is 0 Å². The highest BCUT2D eigenvalue weighted by atomic mass is 16.5. The van der Waals surface area contributed by atoms with Crippen LogP contribution in [-0.4, -0.2) is 25.3 Å². The molecule has 0 amide bonds. The van der Waals surface area contributed by atoms with Gasteiger partial charge in [0.1, 0.15) is 0 Å². The van der Waals surface area contributed by atoms with Gasteiger partial charge in [-0.3, -0.25) is 0 Å². The molecule has 0 radical (unpaired) electrons. The molecule has 0 aliphatic heterocycles. The summed E-state index contributed by atoms with van der Waals surface area (Å²) in [6.07, 6.45) is 11.3. The fourth-order valence-corrected chi connectivity index (χ4v) is 3.23. The Morgan fingerprint density at radius 1 is 1.11 bits per heavy atom. The average molecular weight is 253 g/mol. The van der Waals surface area contributed by atoms with E-state index in [9.17, 15) is 0 Å². The lowest BCUT2D eigenvalue weighted by molar-refractivity contribution is 0.0263.